The number of para-hydroxylation sites is 1. The van der Waals surface area contributed by atoms with Gasteiger partial charge >= 0.3 is 0 Å². The van der Waals surface area contributed by atoms with Crippen LogP contribution in [0.5, 0.6) is 11.5 Å². The first-order chi connectivity index (χ1) is 17.2. The van der Waals surface area contributed by atoms with E-state index in [0.717, 1.165) is 11.1 Å². The topological polar surface area (TPSA) is 100 Å². The highest BCUT2D eigenvalue weighted by atomic mass is 79.9. The Balaban J connectivity index is 1.74. The predicted molar refractivity (Wildman–Crippen MR) is 144 cm³/mol. The van der Waals surface area contributed by atoms with Gasteiger partial charge in [0.05, 0.1) is 22.3 Å². The zero-order valence-corrected chi connectivity index (χ0v) is 22.2. The third-order valence-corrected chi connectivity index (χ3v) is 6.11. The maximum absolute atomic E-state index is 12.6. The quantitative estimate of drug-likeness (QED) is 0.246. The van der Waals surface area contributed by atoms with Crippen LogP contribution in [0.1, 0.15) is 16.7 Å². The molecule has 7 nitrogen and oxygen atoms in total. The van der Waals surface area contributed by atoms with Crippen molar-refractivity contribution < 1.29 is 19.1 Å². The summed E-state index contributed by atoms with van der Waals surface area (Å²) in [4.78, 5) is 25.0. The molecule has 3 rings (SSSR count). The monoisotopic (exact) mass is 567 g/mol. The molecule has 2 amide bonds. The summed E-state index contributed by atoms with van der Waals surface area (Å²) in [7, 11) is 1.45. The van der Waals surface area contributed by atoms with E-state index in [1.165, 1.54) is 13.2 Å². The van der Waals surface area contributed by atoms with Gasteiger partial charge in [-0.25, -0.2) is 0 Å². The zero-order chi connectivity index (χ0) is 26.2. The van der Waals surface area contributed by atoms with Crippen molar-refractivity contribution in [2.45, 2.75) is 13.8 Å². The number of nitriles is 1. The Labute approximate surface area is 222 Å². The molecule has 3 aromatic rings. The number of amides is 2. The molecule has 2 N–H and O–H groups in total. The molecule has 0 aliphatic heterocycles. The number of ether oxygens (including phenoxy) is 2. The van der Waals surface area contributed by atoms with E-state index < -0.39 is 5.91 Å². The lowest BCUT2D eigenvalue weighted by atomic mass is 10.1. The average Bonchev–Trinajstić information content (AvgIpc) is 2.85. The zero-order valence-electron chi connectivity index (χ0n) is 19.8. The van der Waals surface area contributed by atoms with Crippen molar-refractivity contribution in [3.63, 3.8) is 0 Å². The van der Waals surface area contributed by atoms with Crippen molar-refractivity contribution in [1.29, 1.82) is 5.26 Å². The number of aryl methyl sites for hydroxylation is 2. The fourth-order valence-corrected chi connectivity index (χ4v) is 3.94. The van der Waals surface area contributed by atoms with Crippen molar-refractivity contribution in [3.8, 4) is 17.6 Å². The van der Waals surface area contributed by atoms with Gasteiger partial charge in [-0.3, -0.25) is 9.59 Å². The number of methoxy groups -OCH3 is 1. The molecule has 0 saturated carbocycles. The summed E-state index contributed by atoms with van der Waals surface area (Å²) < 4.78 is 11.6. The van der Waals surface area contributed by atoms with E-state index in [9.17, 15) is 14.9 Å². The summed E-state index contributed by atoms with van der Waals surface area (Å²) in [5.41, 5.74) is 3.65. The number of hydrogen-bond acceptors (Lipinski definition) is 5. The number of rotatable bonds is 8. The molecule has 0 spiro atoms. The van der Waals surface area contributed by atoms with Crippen molar-refractivity contribution in [3.05, 3.63) is 86.4 Å². The number of halogens is 2. The number of benzene rings is 3. The molecule has 0 unspecified atom stereocenters. The van der Waals surface area contributed by atoms with Gasteiger partial charge in [0.1, 0.15) is 11.6 Å². The summed E-state index contributed by atoms with van der Waals surface area (Å²) in [6.45, 7) is 3.72. The highest BCUT2D eigenvalue weighted by Crippen LogP contribution is 2.37. The van der Waals surface area contributed by atoms with Crippen molar-refractivity contribution in [2.24, 2.45) is 0 Å². The standard InChI is InChI=1S/C27H23BrClN3O4/c1-16-8-9-20(10-17(16)2)31-25(33)15-36-26-21(28)12-18(13-24(26)35-3)11-19(14-30)27(34)32-23-7-5-4-6-22(23)29/h4-13H,15H2,1-3H3,(H,31,33)(H,32,34)/b19-11+. The fourth-order valence-electron chi connectivity index (χ4n) is 3.18. The molecular weight excluding hydrogens is 546 g/mol. The lowest BCUT2D eigenvalue weighted by Crippen LogP contribution is -2.20. The lowest BCUT2D eigenvalue weighted by Gasteiger charge is -2.14. The normalized spacial score (nSPS) is 10.8. The molecule has 0 aliphatic carbocycles. The van der Waals surface area contributed by atoms with Crippen LogP contribution in [0.2, 0.25) is 5.02 Å². The maximum Gasteiger partial charge on any atom is 0.266 e. The number of carbonyl (C=O) groups excluding carboxylic acids is 2. The summed E-state index contributed by atoms with van der Waals surface area (Å²) in [6.07, 6.45) is 1.41. The number of hydrogen-bond donors (Lipinski definition) is 2. The first-order valence-electron chi connectivity index (χ1n) is 10.8. The van der Waals surface area contributed by atoms with Gasteiger partial charge in [0.2, 0.25) is 0 Å². The van der Waals surface area contributed by atoms with E-state index in [1.807, 2.05) is 38.1 Å². The molecule has 0 fully saturated rings. The van der Waals surface area contributed by atoms with Gasteiger partial charge in [0, 0.05) is 5.69 Å². The van der Waals surface area contributed by atoms with E-state index in [0.29, 0.717) is 37.9 Å². The third kappa shape index (κ3) is 6.87. The largest absolute Gasteiger partial charge is 0.493 e. The highest BCUT2D eigenvalue weighted by Gasteiger charge is 2.16. The Bertz CT molecular complexity index is 1380. The number of nitrogens with one attached hydrogen (secondary N) is 2. The van der Waals surface area contributed by atoms with Gasteiger partial charge in [-0.05, 0) is 88.9 Å². The molecule has 0 atom stereocenters. The van der Waals surface area contributed by atoms with E-state index >= 15 is 0 Å². The first kappa shape index (κ1) is 26.8. The van der Waals surface area contributed by atoms with Crippen LogP contribution < -0.4 is 20.1 Å². The van der Waals surface area contributed by atoms with Gasteiger partial charge in [-0.15, -0.1) is 0 Å². The molecule has 3 aromatic carbocycles. The van der Waals surface area contributed by atoms with Gasteiger partial charge < -0.3 is 20.1 Å². The number of anilines is 2. The second-order valence-corrected chi connectivity index (χ2v) is 9.04. The van der Waals surface area contributed by atoms with Crippen LogP contribution in [0.4, 0.5) is 11.4 Å². The molecule has 0 bridgehead atoms. The van der Waals surface area contributed by atoms with Crippen LogP contribution in [0.25, 0.3) is 6.08 Å². The average molecular weight is 569 g/mol. The van der Waals surface area contributed by atoms with Crippen LogP contribution >= 0.6 is 27.5 Å². The Morgan fingerprint density at radius 1 is 1.08 bits per heavy atom. The van der Waals surface area contributed by atoms with Crippen LogP contribution in [0, 0.1) is 25.2 Å². The van der Waals surface area contributed by atoms with Crippen molar-refractivity contribution >= 4 is 56.8 Å². The van der Waals surface area contributed by atoms with Crippen LogP contribution in [-0.4, -0.2) is 25.5 Å². The predicted octanol–water partition coefficient (Wildman–Crippen LogP) is 6.29. The number of nitrogens with zero attached hydrogens (tertiary/aromatic N) is 1. The van der Waals surface area contributed by atoms with Gasteiger partial charge in [0.15, 0.2) is 18.1 Å². The summed E-state index contributed by atoms with van der Waals surface area (Å²) in [5, 5.41) is 15.3. The molecule has 0 aliphatic rings. The van der Waals surface area contributed by atoms with E-state index in [2.05, 4.69) is 26.6 Å². The number of carbonyl (C=O) groups is 2. The second-order valence-electron chi connectivity index (χ2n) is 7.77. The van der Waals surface area contributed by atoms with E-state index in [-0.39, 0.29) is 18.1 Å². The Hall–Kier alpha value is -3.80. The third-order valence-electron chi connectivity index (χ3n) is 5.19. The van der Waals surface area contributed by atoms with Crippen LogP contribution in [0.15, 0.2) is 64.6 Å². The molecule has 0 aromatic heterocycles. The Morgan fingerprint density at radius 2 is 1.83 bits per heavy atom. The molecular formula is C27H23BrClN3O4. The molecule has 184 valence electrons. The molecule has 0 radical (unpaired) electrons. The van der Waals surface area contributed by atoms with Gasteiger partial charge in [0.25, 0.3) is 11.8 Å². The second kappa shape index (κ2) is 12.2. The van der Waals surface area contributed by atoms with Crippen molar-refractivity contribution in [2.75, 3.05) is 24.4 Å². The minimum atomic E-state index is -0.607. The summed E-state index contributed by atoms with van der Waals surface area (Å²) >= 11 is 9.50. The van der Waals surface area contributed by atoms with Crippen molar-refractivity contribution in [1.82, 2.24) is 0 Å². The van der Waals surface area contributed by atoms with E-state index in [1.54, 1.807) is 36.4 Å². The minimum Gasteiger partial charge on any atom is -0.493 e. The first-order valence-corrected chi connectivity index (χ1v) is 11.9. The highest BCUT2D eigenvalue weighted by molar-refractivity contribution is 9.10. The maximum atomic E-state index is 12.6. The van der Waals surface area contributed by atoms with E-state index in [4.69, 9.17) is 21.1 Å². The summed E-state index contributed by atoms with van der Waals surface area (Å²) in [5.74, 6) is -0.314. The van der Waals surface area contributed by atoms with Gasteiger partial charge in [-0.2, -0.15) is 5.26 Å². The molecule has 36 heavy (non-hydrogen) atoms. The Kier molecular flexibility index (Phi) is 9.12. The van der Waals surface area contributed by atoms with Crippen LogP contribution in [0.3, 0.4) is 0 Å². The lowest BCUT2D eigenvalue weighted by molar-refractivity contribution is -0.118. The van der Waals surface area contributed by atoms with Gasteiger partial charge in [-0.1, -0.05) is 29.8 Å². The smallest absolute Gasteiger partial charge is 0.266 e. The summed E-state index contributed by atoms with van der Waals surface area (Å²) in [6, 6.07) is 17.5. The fraction of sp³-hybridized carbons (Fsp3) is 0.148. The minimum absolute atomic E-state index is 0.134. The SMILES string of the molecule is COc1cc(/C=C(\C#N)C(=O)Nc2ccccc2Cl)cc(Br)c1OCC(=O)Nc1ccc(C)c(C)c1. The molecule has 0 heterocycles. The molecule has 0 saturated heterocycles. The van der Waals surface area contributed by atoms with Crippen LogP contribution in [-0.2, 0) is 9.59 Å². The molecule has 9 heteroatoms. The Morgan fingerprint density at radius 3 is 2.50 bits per heavy atom.